The van der Waals surface area contributed by atoms with Crippen molar-refractivity contribution in [2.75, 3.05) is 11.9 Å². The number of pyridine rings is 1. The Morgan fingerprint density at radius 2 is 2.28 bits per heavy atom. The molecule has 6 nitrogen and oxygen atoms in total. The van der Waals surface area contributed by atoms with Crippen molar-refractivity contribution in [3.63, 3.8) is 0 Å². The SMILES string of the molecule is CCOC1CC(Nc2nc(C)ccc2[N+](=O)[O-])C1. The van der Waals surface area contributed by atoms with Gasteiger partial charge in [0.1, 0.15) is 0 Å². The van der Waals surface area contributed by atoms with Gasteiger partial charge in [0.15, 0.2) is 0 Å². The summed E-state index contributed by atoms with van der Waals surface area (Å²) in [6.45, 7) is 4.49. The lowest BCUT2D eigenvalue weighted by Crippen LogP contribution is -2.41. The van der Waals surface area contributed by atoms with Gasteiger partial charge in [-0.3, -0.25) is 10.1 Å². The van der Waals surface area contributed by atoms with Crippen molar-refractivity contribution >= 4 is 11.5 Å². The Labute approximate surface area is 106 Å². The molecule has 1 aromatic rings. The third kappa shape index (κ3) is 2.76. The number of nitrogens with one attached hydrogen (secondary N) is 1. The summed E-state index contributed by atoms with van der Waals surface area (Å²) < 4.78 is 5.45. The topological polar surface area (TPSA) is 77.3 Å². The van der Waals surface area contributed by atoms with Gasteiger partial charge >= 0.3 is 5.69 Å². The maximum absolute atomic E-state index is 10.9. The van der Waals surface area contributed by atoms with E-state index in [-0.39, 0.29) is 17.8 Å². The van der Waals surface area contributed by atoms with Gasteiger partial charge in [0, 0.05) is 24.4 Å². The quantitative estimate of drug-likeness (QED) is 0.641. The average molecular weight is 251 g/mol. The zero-order chi connectivity index (χ0) is 13.1. The summed E-state index contributed by atoms with van der Waals surface area (Å²) in [4.78, 5) is 14.7. The van der Waals surface area contributed by atoms with E-state index in [0.29, 0.717) is 12.4 Å². The monoisotopic (exact) mass is 251 g/mol. The van der Waals surface area contributed by atoms with Crippen LogP contribution in [0.3, 0.4) is 0 Å². The summed E-state index contributed by atoms with van der Waals surface area (Å²) >= 11 is 0. The molecule has 1 heterocycles. The van der Waals surface area contributed by atoms with Crippen LogP contribution in [0.2, 0.25) is 0 Å². The maximum atomic E-state index is 10.9. The van der Waals surface area contributed by atoms with Gasteiger partial charge in [-0.1, -0.05) is 0 Å². The molecule has 0 atom stereocenters. The van der Waals surface area contributed by atoms with E-state index in [4.69, 9.17) is 4.74 Å². The third-order valence-electron chi connectivity index (χ3n) is 3.05. The zero-order valence-corrected chi connectivity index (χ0v) is 10.5. The van der Waals surface area contributed by atoms with Gasteiger partial charge in [0.2, 0.25) is 5.82 Å². The second-order valence-corrected chi connectivity index (χ2v) is 4.47. The summed E-state index contributed by atoms with van der Waals surface area (Å²) in [7, 11) is 0. The van der Waals surface area contributed by atoms with Crippen LogP contribution in [0, 0.1) is 17.0 Å². The van der Waals surface area contributed by atoms with Crippen molar-refractivity contribution in [1.82, 2.24) is 4.98 Å². The van der Waals surface area contributed by atoms with Crippen LogP contribution in [0.5, 0.6) is 0 Å². The van der Waals surface area contributed by atoms with Crippen molar-refractivity contribution in [1.29, 1.82) is 0 Å². The number of rotatable bonds is 5. The van der Waals surface area contributed by atoms with E-state index < -0.39 is 4.92 Å². The van der Waals surface area contributed by atoms with Gasteiger partial charge in [-0.25, -0.2) is 4.98 Å². The van der Waals surface area contributed by atoms with Crippen LogP contribution in [0.1, 0.15) is 25.5 Å². The van der Waals surface area contributed by atoms with E-state index in [0.717, 1.165) is 18.5 Å². The molecule has 1 aliphatic rings. The van der Waals surface area contributed by atoms with E-state index in [1.807, 2.05) is 13.8 Å². The highest BCUT2D eigenvalue weighted by Crippen LogP contribution is 2.30. The number of aryl methyl sites for hydroxylation is 1. The number of hydrogen-bond acceptors (Lipinski definition) is 5. The Morgan fingerprint density at radius 3 is 2.89 bits per heavy atom. The largest absolute Gasteiger partial charge is 0.378 e. The van der Waals surface area contributed by atoms with Gasteiger partial charge in [-0.2, -0.15) is 0 Å². The summed E-state index contributed by atoms with van der Waals surface area (Å²) in [6.07, 6.45) is 2.03. The molecule has 0 saturated heterocycles. The lowest BCUT2D eigenvalue weighted by molar-refractivity contribution is -0.384. The molecular weight excluding hydrogens is 234 g/mol. The number of hydrogen-bond donors (Lipinski definition) is 1. The molecule has 0 radical (unpaired) electrons. The van der Waals surface area contributed by atoms with Crippen LogP contribution < -0.4 is 5.32 Å². The number of ether oxygens (including phenoxy) is 1. The van der Waals surface area contributed by atoms with Gasteiger partial charge in [-0.05, 0) is 32.8 Å². The first kappa shape index (κ1) is 12.8. The molecular formula is C12H17N3O3. The molecule has 1 saturated carbocycles. The fourth-order valence-corrected chi connectivity index (χ4v) is 2.05. The molecule has 0 aromatic carbocycles. The van der Waals surface area contributed by atoms with Crippen LogP contribution in [-0.4, -0.2) is 28.7 Å². The highest BCUT2D eigenvalue weighted by molar-refractivity contribution is 5.56. The first-order valence-corrected chi connectivity index (χ1v) is 6.10. The normalized spacial score (nSPS) is 22.3. The molecule has 0 unspecified atom stereocenters. The number of nitro groups is 1. The molecule has 0 amide bonds. The minimum Gasteiger partial charge on any atom is -0.378 e. The molecule has 2 rings (SSSR count). The highest BCUT2D eigenvalue weighted by atomic mass is 16.6. The Bertz CT molecular complexity index is 444. The van der Waals surface area contributed by atoms with E-state index >= 15 is 0 Å². The molecule has 1 fully saturated rings. The Hall–Kier alpha value is -1.69. The predicted molar refractivity (Wildman–Crippen MR) is 67.7 cm³/mol. The number of anilines is 1. The Kier molecular flexibility index (Phi) is 3.76. The van der Waals surface area contributed by atoms with Crippen LogP contribution in [0.4, 0.5) is 11.5 Å². The lowest BCUT2D eigenvalue weighted by atomic mass is 9.89. The van der Waals surface area contributed by atoms with Crippen molar-refractivity contribution in [2.45, 2.75) is 38.8 Å². The second-order valence-electron chi connectivity index (χ2n) is 4.47. The fourth-order valence-electron chi connectivity index (χ4n) is 2.05. The summed E-state index contributed by atoms with van der Waals surface area (Å²) in [5, 5.41) is 14.0. The first-order chi connectivity index (χ1) is 8.60. The third-order valence-corrected chi connectivity index (χ3v) is 3.05. The van der Waals surface area contributed by atoms with Crippen LogP contribution in [0.25, 0.3) is 0 Å². The molecule has 0 aliphatic heterocycles. The van der Waals surface area contributed by atoms with Gasteiger partial charge in [0.25, 0.3) is 0 Å². The van der Waals surface area contributed by atoms with Gasteiger partial charge in [-0.15, -0.1) is 0 Å². The first-order valence-electron chi connectivity index (χ1n) is 6.10. The summed E-state index contributed by atoms with van der Waals surface area (Å²) in [5.74, 6) is 0.361. The molecule has 6 heteroatoms. The summed E-state index contributed by atoms with van der Waals surface area (Å²) in [6, 6.07) is 3.35. The van der Waals surface area contributed by atoms with Crippen LogP contribution >= 0.6 is 0 Å². The molecule has 1 aliphatic carbocycles. The number of aromatic nitrogens is 1. The van der Waals surface area contributed by atoms with Gasteiger partial charge in [0.05, 0.1) is 11.0 Å². The fraction of sp³-hybridized carbons (Fsp3) is 0.583. The molecule has 98 valence electrons. The minimum atomic E-state index is -0.409. The Balaban J connectivity index is 2.01. The molecule has 1 N–H and O–H groups in total. The molecule has 0 bridgehead atoms. The van der Waals surface area contributed by atoms with E-state index in [1.165, 1.54) is 6.07 Å². The number of nitrogens with zero attached hydrogens (tertiary/aromatic N) is 2. The smallest absolute Gasteiger partial charge is 0.311 e. The van der Waals surface area contributed by atoms with E-state index in [2.05, 4.69) is 10.3 Å². The minimum absolute atomic E-state index is 0.0282. The lowest BCUT2D eigenvalue weighted by Gasteiger charge is -2.35. The average Bonchev–Trinajstić information content (AvgIpc) is 2.26. The van der Waals surface area contributed by atoms with E-state index in [9.17, 15) is 10.1 Å². The second kappa shape index (κ2) is 5.30. The molecule has 1 aromatic heterocycles. The summed E-state index contributed by atoms with van der Waals surface area (Å²) in [5.41, 5.74) is 0.796. The Morgan fingerprint density at radius 1 is 1.56 bits per heavy atom. The molecule has 0 spiro atoms. The maximum Gasteiger partial charge on any atom is 0.311 e. The van der Waals surface area contributed by atoms with E-state index in [1.54, 1.807) is 6.07 Å². The van der Waals surface area contributed by atoms with Crippen LogP contribution in [-0.2, 0) is 4.74 Å². The van der Waals surface area contributed by atoms with Crippen molar-refractivity contribution in [3.8, 4) is 0 Å². The highest BCUT2D eigenvalue weighted by Gasteiger charge is 2.31. The zero-order valence-electron chi connectivity index (χ0n) is 10.5. The van der Waals surface area contributed by atoms with Gasteiger partial charge < -0.3 is 10.1 Å². The predicted octanol–water partition coefficient (Wildman–Crippen LogP) is 2.28. The van der Waals surface area contributed by atoms with Crippen LogP contribution in [0.15, 0.2) is 12.1 Å². The standard InChI is InChI=1S/C12H17N3O3/c1-3-18-10-6-9(7-10)14-12-11(15(16)17)5-4-8(2)13-12/h4-5,9-10H,3,6-7H2,1-2H3,(H,13,14). The van der Waals surface area contributed by atoms with Crippen molar-refractivity contribution in [3.05, 3.63) is 27.9 Å². The van der Waals surface area contributed by atoms with Crippen molar-refractivity contribution < 1.29 is 9.66 Å². The molecule has 18 heavy (non-hydrogen) atoms. The van der Waals surface area contributed by atoms with Crippen molar-refractivity contribution in [2.24, 2.45) is 0 Å².